The number of hydrogen-bond acceptors (Lipinski definition) is 4. The average molecular weight is 315 g/mol. The quantitative estimate of drug-likeness (QED) is 0.888. The van der Waals surface area contributed by atoms with E-state index in [9.17, 15) is 10.1 Å². The Labute approximate surface area is 137 Å². The van der Waals surface area contributed by atoms with Crippen LogP contribution in [-0.2, 0) is 4.79 Å². The fourth-order valence-corrected chi connectivity index (χ4v) is 3.84. The first kappa shape index (κ1) is 16.0. The molecule has 2 aliphatic rings. The second kappa shape index (κ2) is 6.71. The lowest BCUT2D eigenvalue weighted by molar-refractivity contribution is -0.123. The van der Waals surface area contributed by atoms with Crippen LogP contribution in [0, 0.1) is 18.3 Å². The highest BCUT2D eigenvalue weighted by molar-refractivity contribution is 5.79. The van der Waals surface area contributed by atoms with Gasteiger partial charge in [0.15, 0.2) is 0 Å². The van der Waals surface area contributed by atoms with Gasteiger partial charge in [-0.15, -0.1) is 0 Å². The summed E-state index contributed by atoms with van der Waals surface area (Å²) < 4.78 is 0. The van der Waals surface area contributed by atoms with Gasteiger partial charge in [0.05, 0.1) is 18.3 Å². The Morgan fingerprint density at radius 1 is 1.52 bits per heavy atom. The minimum atomic E-state index is -0.619. The number of rotatable bonds is 4. The van der Waals surface area contributed by atoms with Gasteiger partial charge in [0.2, 0.25) is 5.91 Å². The number of aromatic nitrogens is 2. The van der Waals surface area contributed by atoms with Gasteiger partial charge >= 0.3 is 0 Å². The zero-order valence-electron chi connectivity index (χ0n) is 13.8. The van der Waals surface area contributed by atoms with Gasteiger partial charge in [0, 0.05) is 18.2 Å². The standard InChI is InChI=1S/C17H25N5O/c1-13-9-15(21-20-13)14-5-4-8-22(10-14)11-16(23)19-17(12-18)6-2-3-7-17/h9,14H,2-8,10-11H2,1H3,(H,19,23)(H,20,21). The van der Waals surface area contributed by atoms with Crippen LogP contribution in [0.5, 0.6) is 0 Å². The summed E-state index contributed by atoms with van der Waals surface area (Å²) in [5, 5.41) is 19.7. The third-order valence-electron chi connectivity index (χ3n) is 5.07. The Hall–Kier alpha value is -1.87. The van der Waals surface area contributed by atoms with Gasteiger partial charge in [-0.25, -0.2) is 0 Å². The zero-order chi connectivity index (χ0) is 16.3. The van der Waals surface area contributed by atoms with Crippen molar-refractivity contribution in [2.45, 2.75) is 56.9 Å². The van der Waals surface area contributed by atoms with Crippen LogP contribution < -0.4 is 5.32 Å². The summed E-state index contributed by atoms with van der Waals surface area (Å²) in [5.74, 6) is 0.366. The average Bonchev–Trinajstić information content (AvgIpc) is 3.17. The molecule has 1 aliphatic carbocycles. The van der Waals surface area contributed by atoms with Crippen molar-refractivity contribution < 1.29 is 4.79 Å². The first-order valence-electron chi connectivity index (χ1n) is 8.57. The van der Waals surface area contributed by atoms with Crippen LogP contribution in [0.2, 0.25) is 0 Å². The van der Waals surface area contributed by atoms with Crippen molar-refractivity contribution in [1.29, 1.82) is 5.26 Å². The maximum absolute atomic E-state index is 12.4. The van der Waals surface area contributed by atoms with Crippen LogP contribution >= 0.6 is 0 Å². The maximum Gasteiger partial charge on any atom is 0.235 e. The number of nitrogens with one attached hydrogen (secondary N) is 2. The van der Waals surface area contributed by atoms with E-state index in [1.807, 2.05) is 6.92 Å². The van der Waals surface area contributed by atoms with Gasteiger partial charge in [-0.2, -0.15) is 10.4 Å². The zero-order valence-corrected chi connectivity index (χ0v) is 13.8. The van der Waals surface area contributed by atoms with E-state index in [2.05, 4.69) is 32.5 Å². The number of likely N-dealkylation sites (tertiary alicyclic amines) is 1. The van der Waals surface area contributed by atoms with Crippen molar-refractivity contribution in [3.05, 3.63) is 17.5 Å². The maximum atomic E-state index is 12.4. The number of piperidine rings is 1. The Morgan fingerprint density at radius 2 is 2.30 bits per heavy atom. The molecule has 1 atom stereocenters. The van der Waals surface area contributed by atoms with Crippen LogP contribution in [0.3, 0.4) is 0 Å². The number of amides is 1. The number of aryl methyl sites for hydroxylation is 1. The fourth-order valence-electron chi connectivity index (χ4n) is 3.84. The van der Waals surface area contributed by atoms with E-state index in [1.165, 1.54) is 0 Å². The summed E-state index contributed by atoms with van der Waals surface area (Å²) in [6.07, 6.45) is 5.81. The van der Waals surface area contributed by atoms with E-state index in [0.717, 1.165) is 63.0 Å². The third kappa shape index (κ3) is 3.73. The molecule has 1 aliphatic heterocycles. The molecule has 6 heteroatoms. The molecule has 2 fully saturated rings. The summed E-state index contributed by atoms with van der Waals surface area (Å²) in [6.45, 7) is 4.18. The summed E-state index contributed by atoms with van der Waals surface area (Å²) in [6, 6.07) is 4.41. The van der Waals surface area contributed by atoms with Gasteiger partial charge in [-0.1, -0.05) is 0 Å². The highest BCUT2D eigenvalue weighted by atomic mass is 16.2. The van der Waals surface area contributed by atoms with Crippen LogP contribution in [0.25, 0.3) is 0 Å². The molecule has 0 spiro atoms. The molecule has 3 rings (SSSR count). The normalized spacial score (nSPS) is 24.3. The summed E-state index contributed by atoms with van der Waals surface area (Å²) in [5.41, 5.74) is 1.55. The Morgan fingerprint density at radius 3 is 2.96 bits per heavy atom. The number of H-pyrrole nitrogens is 1. The molecule has 1 aromatic heterocycles. The highest BCUT2D eigenvalue weighted by Gasteiger charge is 2.36. The SMILES string of the molecule is Cc1cc(C2CCCN(CC(=O)NC3(C#N)CCCC3)C2)n[nH]1. The smallest absolute Gasteiger partial charge is 0.235 e. The fraction of sp³-hybridized carbons (Fsp3) is 0.706. The molecule has 0 radical (unpaired) electrons. The first-order chi connectivity index (χ1) is 11.1. The van der Waals surface area contributed by atoms with E-state index in [0.29, 0.717) is 12.5 Å². The number of hydrogen-bond donors (Lipinski definition) is 2. The van der Waals surface area contributed by atoms with Crippen molar-refractivity contribution in [3.8, 4) is 6.07 Å². The molecular formula is C17H25N5O. The van der Waals surface area contributed by atoms with Gasteiger partial charge in [0.1, 0.15) is 5.54 Å². The highest BCUT2D eigenvalue weighted by Crippen LogP contribution is 2.29. The molecule has 1 saturated carbocycles. The number of aromatic amines is 1. The van der Waals surface area contributed by atoms with Crippen molar-refractivity contribution in [2.75, 3.05) is 19.6 Å². The van der Waals surface area contributed by atoms with Crippen LogP contribution in [0.15, 0.2) is 6.07 Å². The lowest BCUT2D eigenvalue weighted by atomic mass is 9.94. The molecule has 0 bridgehead atoms. The minimum Gasteiger partial charge on any atom is -0.337 e. The molecule has 6 nitrogen and oxygen atoms in total. The summed E-state index contributed by atoms with van der Waals surface area (Å²) in [4.78, 5) is 14.5. The van der Waals surface area contributed by atoms with Crippen molar-refractivity contribution in [1.82, 2.24) is 20.4 Å². The lowest BCUT2D eigenvalue weighted by Gasteiger charge is -2.32. The molecule has 124 valence electrons. The number of nitriles is 1. The molecule has 1 saturated heterocycles. The molecule has 23 heavy (non-hydrogen) atoms. The summed E-state index contributed by atoms with van der Waals surface area (Å²) >= 11 is 0. The van der Waals surface area contributed by atoms with Crippen molar-refractivity contribution in [2.24, 2.45) is 0 Å². The number of carbonyl (C=O) groups is 1. The van der Waals surface area contributed by atoms with Gasteiger partial charge in [0.25, 0.3) is 0 Å². The first-order valence-corrected chi connectivity index (χ1v) is 8.57. The Kier molecular flexibility index (Phi) is 4.67. The van der Waals surface area contributed by atoms with Gasteiger partial charge in [-0.3, -0.25) is 14.8 Å². The van der Waals surface area contributed by atoms with Gasteiger partial charge in [-0.05, 0) is 58.1 Å². The molecule has 1 aromatic rings. The molecular weight excluding hydrogens is 290 g/mol. The second-order valence-electron chi connectivity index (χ2n) is 7.00. The predicted molar refractivity (Wildman–Crippen MR) is 86.7 cm³/mol. The minimum absolute atomic E-state index is 0.0210. The van der Waals surface area contributed by atoms with E-state index in [1.54, 1.807) is 0 Å². The van der Waals surface area contributed by atoms with E-state index in [4.69, 9.17) is 0 Å². The van der Waals surface area contributed by atoms with Crippen molar-refractivity contribution >= 4 is 5.91 Å². The van der Waals surface area contributed by atoms with Crippen molar-refractivity contribution in [3.63, 3.8) is 0 Å². The second-order valence-corrected chi connectivity index (χ2v) is 7.00. The molecule has 2 heterocycles. The monoisotopic (exact) mass is 315 g/mol. The van der Waals surface area contributed by atoms with E-state index in [-0.39, 0.29) is 5.91 Å². The largest absolute Gasteiger partial charge is 0.337 e. The van der Waals surface area contributed by atoms with Crippen LogP contribution in [-0.4, -0.2) is 46.2 Å². The molecule has 2 N–H and O–H groups in total. The Balaban J connectivity index is 1.55. The molecule has 1 unspecified atom stereocenters. The topological polar surface area (TPSA) is 84.8 Å². The predicted octanol–water partition coefficient (Wildman–Crippen LogP) is 1.85. The molecule has 1 amide bonds. The number of carbonyl (C=O) groups excluding carboxylic acids is 1. The number of nitrogens with zero attached hydrogens (tertiary/aromatic N) is 3. The van der Waals surface area contributed by atoms with E-state index >= 15 is 0 Å². The van der Waals surface area contributed by atoms with Crippen LogP contribution in [0.4, 0.5) is 0 Å². The van der Waals surface area contributed by atoms with Crippen LogP contribution in [0.1, 0.15) is 55.8 Å². The van der Waals surface area contributed by atoms with Gasteiger partial charge < -0.3 is 5.32 Å². The van der Waals surface area contributed by atoms with E-state index < -0.39 is 5.54 Å². The Bertz CT molecular complexity index is 596. The molecule has 0 aromatic carbocycles. The third-order valence-corrected chi connectivity index (χ3v) is 5.07. The summed E-state index contributed by atoms with van der Waals surface area (Å²) in [7, 11) is 0. The lowest BCUT2D eigenvalue weighted by Crippen LogP contribution is -2.50.